The molecule has 4 N–H and O–H groups in total. The van der Waals surface area contributed by atoms with Crippen molar-refractivity contribution < 1.29 is 9.18 Å². The fourth-order valence-electron chi connectivity index (χ4n) is 2.76. The molecule has 0 unspecified atom stereocenters. The number of nitrogens with one attached hydrogen (secondary N) is 2. The van der Waals surface area contributed by atoms with E-state index in [4.69, 9.17) is 5.73 Å². The number of allylic oxidation sites excluding steroid dienone is 2. The Morgan fingerprint density at radius 2 is 2.16 bits per heavy atom. The van der Waals surface area contributed by atoms with E-state index in [0.29, 0.717) is 29.7 Å². The molecule has 0 aliphatic heterocycles. The molecule has 130 valence electrons. The van der Waals surface area contributed by atoms with Gasteiger partial charge in [-0.15, -0.1) is 0 Å². The summed E-state index contributed by atoms with van der Waals surface area (Å²) in [6.07, 6.45) is 5.61. The fraction of sp³-hybridized carbons (Fsp3) is 0.211. The zero-order valence-corrected chi connectivity index (χ0v) is 14.9. The number of carbonyl (C=O) groups is 1. The molecule has 0 aliphatic carbocycles. The molecular formula is C19H23BFN3O. The zero-order valence-electron chi connectivity index (χ0n) is 14.9. The van der Waals surface area contributed by atoms with Crippen LogP contribution in [-0.4, -0.2) is 25.3 Å². The third kappa shape index (κ3) is 4.41. The van der Waals surface area contributed by atoms with E-state index in [9.17, 15) is 9.18 Å². The molecule has 0 radical (unpaired) electrons. The maximum absolute atomic E-state index is 14.0. The largest absolute Gasteiger partial charge is 0.410 e. The second-order valence-electron chi connectivity index (χ2n) is 6.14. The summed E-state index contributed by atoms with van der Waals surface area (Å²) in [5.74, 6) is -0.500. The Bertz CT molecular complexity index is 876. The van der Waals surface area contributed by atoms with Crippen molar-refractivity contribution in [1.29, 1.82) is 0 Å². The molecule has 0 aliphatic rings. The van der Waals surface area contributed by atoms with Crippen LogP contribution in [0.1, 0.15) is 16.8 Å². The lowest BCUT2D eigenvalue weighted by molar-refractivity contribution is -0.117. The van der Waals surface area contributed by atoms with Gasteiger partial charge in [0.2, 0.25) is 0 Å². The molecule has 0 bridgehead atoms. The standard InChI is InChI=1S/C19H23BFN3O/c1-11-7-8-15(21)18-17(11)14(13(3)24-18)9-10-23-19(25)12(2)5-4-6-16(20)22/h4-8,24H,2,9-10,20,22H2,1,3H3,(H,23,25)/b5-4-,16-6-. The van der Waals surface area contributed by atoms with Gasteiger partial charge in [0, 0.05) is 23.2 Å². The van der Waals surface area contributed by atoms with Crippen LogP contribution >= 0.6 is 0 Å². The minimum atomic E-state index is -0.263. The summed E-state index contributed by atoms with van der Waals surface area (Å²) in [6.45, 7) is 8.05. The van der Waals surface area contributed by atoms with E-state index < -0.39 is 0 Å². The van der Waals surface area contributed by atoms with E-state index in [-0.39, 0.29) is 11.7 Å². The van der Waals surface area contributed by atoms with Crippen LogP contribution in [0.5, 0.6) is 0 Å². The number of aryl methyl sites for hydroxylation is 2. The molecule has 2 rings (SSSR count). The molecule has 2 aromatic rings. The van der Waals surface area contributed by atoms with E-state index in [0.717, 1.165) is 22.2 Å². The van der Waals surface area contributed by atoms with Crippen LogP contribution in [0.4, 0.5) is 4.39 Å². The first-order valence-electron chi connectivity index (χ1n) is 8.15. The summed E-state index contributed by atoms with van der Waals surface area (Å²) >= 11 is 0. The minimum Gasteiger partial charge on any atom is -0.410 e. The van der Waals surface area contributed by atoms with Gasteiger partial charge in [-0.05, 0) is 43.1 Å². The quantitative estimate of drug-likeness (QED) is 0.429. The highest BCUT2D eigenvalue weighted by Crippen LogP contribution is 2.27. The van der Waals surface area contributed by atoms with Crippen molar-refractivity contribution in [3.05, 3.63) is 70.7 Å². The van der Waals surface area contributed by atoms with Crippen LogP contribution in [0.2, 0.25) is 0 Å². The Balaban J connectivity index is 2.04. The average Bonchev–Trinajstić information content (AvgIpc) is 2.88. The molecular weight excluding hydrogens is 316 g/mol. The van der Waals surface area contributed by atoms with E-state index >= 15 is 0 Å². The van der Waals surface area contributed by atoms with E-state index in [2.05, 4.69) is 16.9 Å². The number of amides is 1. The van der Waals surface area contributed by atoms with Crippen LogP contribution in [0, 0.1) is 19.7 Å². The van der Waals surface area contributed by atoms with Crippen LogP contribution in [0.15, 0.2) is 48.1 Å². The van der Waals surface area contributed by atoms with Crippen molar-refractivity contribution in [3.8, 4) is 0 Å². The second kappa shape index (κ2) is 7.88. The Labute approximate surface area is 148 Å². The van der Waals surface area contributed by atoms with Crippen molar-refractivity contribution in [2.75, 3.05) is 6.54 Å². The molecule has 1 aromatic heterocycles. The maximum Gasteiger partial charge on any atom is 0.250 e. The van der Waals surface area contributed by atoms with Crippen molar-refractivity contribution in [3.63, 3.8) is 0 Å². The lowest BCUT2D eigenvalue weighted by Crippen LogP contribution is -2.26. The highest BCUT2D eigenvalue weighted by atomic mass is 19.1. The maximum atomic E-state index is 14.0. The third-order valence-electron chi connectivity index (χ3n) is 4.04. The van der Waals surface area contributed by atoms with Gasteiger partial charge in [0.05, 0.1) is 5.52 Å². The summed E-state index contributed by atoms with van der Waals surface area (Å²) < 4.78 is 14.0. The summed E-state index contributed by atoms with van der Waals surface area (Å²) in [6, 6.07) is 3.24. The van der Waals surface area contributed by atoms with Gasteiger partial charge in [-0.3, -0.25) is 4.79 Å². The second-order valence-corrected chi connectivity index (χ2v) is 6.14. The van der Waals surface area contributed by atoms with Gasteiger partial charge in [-0.1, -0.05) is 30.9 Å². The number of rotatable bonds is 6. The predicted molar refractivity (Wildman–Crippen MR) is 104 cm³/mol. The number of hydrogen-bond acceptors (Lipinski definition) is 2. The van der Waals surface area contributed by atoms with Crippen molar-refractivity contribution in [2.45, 2.75) is 20.3 Å². The molecule has 1 amide bonds. The number of nitrogens with two attached hydrogens (primary N) is 1. The van der Waals surface area contributed by atoms with Gasteiger partial charge in [-0.2, -0.15) is 0 Å². The average molecular weight is 339 g/mol. The van der Waals surface area contributed by atoms with Gasteiger partial charge < -0.3 is 16.0 Å². The summed E-state index contributed by atoms with van der Waals surface area (Å²) in [7, 11) is 1.77. The molecule has 0 spiro atoms. The molecule has 0 atom stereocenters. The van der Waals surface area contributed by atoms with Crippen LogP contribution in [0.3, 0.4) is 0 Å². The highest BCUT2D eigenvalue weighted by Gasteiger charge is 2.14. The summed E-state index contributed by atoms with van der Waals surface area (Å²) in [4.78, 5) is 15.1. The molecule has 1 aromatic carbocycles. The van der Waals surface area contributed by atoms with Gasteiger partial charge in [-0.25, -0.2) is 4.39 Å². The van der Waals surface area contributed by atoms with Crippen LogP contribution < -0.4 is 11.1 Å². The SMILES string of the molecule is B/C(N)=C/C=C\C(=C)C(=O)NCCc1c(C)[nH]c2c(F)ccc(C)c12. The lowest BCUT2D eigenvalue weighted by atomic mass is 10.0. The number of halogens is 1. The molecule has 4 nitrogen and oxygen atoms in total. The number of carbonyl (C=O) groups excluding carboxylic acids is 1. The molecule has 0 saturated heterocycles. The molecule has 0 saturated carbocycles. The number of hydrogen-bond donors (Lipinski definition) is 3. The van der Waals surface area contributed by atoms with Gasteiger partial charge in [0.15, 0.2) is 7.85 Å². The van der Waals surface area contributed by atoms with Gasteiger partial charge in [0.25, 0.3) is 5.91 Å². The number of benzene rings is 1. The Morgan fingerprint density at radius 1 is 1.44 bits per heavy atom. The van der Waals surface area contributed by atoms with Gasteiger partial charge >= 0.3 is 0 Å². The highest BCUT2D eigenvalue weighted by molar-refractivity contribution is 6.21. The Morgan fingerprint density at radius 3 is 2.84 bits per heavy atom. The summed E-state index contributed by atoms with van der Waals surface area (Å²) in [5.41, 5.74) is 10.0. The summed E-state index contributed by atoms with van der Waals surface area (Å²) in [5, 5.41) is 3.73. The third-order valence-corrected chi connectivity index (χ3v) is 4.04. The number of aromatic nitrogens is 1. The number of H-pyrrole nitrogens is 1. The molecule has 6 heteroatoms. The molecule has 1 heterocycles. The monoisotopic (exact) mass is 339 g/mol. The fourth-order valence-corrected chi connectivity index (χ4v) is 2.76. The van der Waals surface area contributed by atoms with Crippen LogP contribution in [-0.2, 0) is 11.2 Å². The smallest absolute Gasteiger partial charge is 0.250 e. The van der Waals surface area contributed by atoms with Gasteiger partial charge in [0.1, 0.15) is 5.82 Å². The van der Waals surface area contributed by atoms with Crippen molar-refractivity contribution >= 4 is 24.7 Å². The molecule has 25 heavy (non-hydrogen) atoms. The van der Waals surface area contributed by atoms with Crippen LogP contribution in [0.25, 0.3) is 10.9 Å². The Kier molecular flexibility index (Phi) is 5.86. The van der Waals surface area contributed by atoms with E-state index in [1.54, 1.807) is 32.1 Å². The first-order chi connectivity index (χ1) is 11.8. The normalized spacial score (nSPS) is 12.0. The number of fused-ring (bicyclic) bond motifs is 1. The number of aromatic amines is 1. The van der Waals surface area contributed by atoms with E-state index in [1.807, 2.05) is 13.8 Å². The Hall–Kier alpha value is -2.76. The zero-order chi connectivity index (χ0) is 18.6. The van der Waals surface area contributed by atoms with E-state index in [1.165, 1.54) is 6.07 Å². The minimum absolute atomic E-state index is 0.236. The molecule has 0 fully saturated rings. The van der Waals surface area contributed by atoms with Crippen molar-refractivity contribution in [1.82, 2.24) is 10.3 Å². The topological polar surface area (TPSA) is 70.9 Å². The first-order valence-corrected chi connectivity index (χ1v) is 8.15. The lowest BCUT2D eigenvalue weighted by Gasteiger charge is -2.07. The van der Waals surface area contributed by atoms with Crippen molar-refractivity contribution in [2.24, 2.45) is 5.73 Å². The predicted octanol–water partition coefficient (Wildman–Crippen LogP) is 2.13. The first kappa shape index (κ1) is 18.6.